The predicted molar refractivity (Wildman–Crippen MR) is 107 cm³/mol. The van der Waals surface area contributed by atoms with E-state index in [-0.39, 0.29) is 5.91 Å². The van der Waals surface area contributed by atoms with Gasteiger partial charge in [0.05, 0.1) is 14.2 Å². The van der Waals surface area contributed by atoms with Crippen molar-refractivity contribution in [3.8, 4) is 11.5 Å². The second-order valence-corrected chi connectivity index (χ2v) is 6.75. The van der Waals surface area contributed by atoms with Gasteiger partial charge in [0.2, 0.25) is 0 Å². The number of nitrogens with one attached hydrogen (secondary N) is 1. The average Bonchev–Trinajstić information content (AvgIpc) is 2.74. The van der Waals surface area contributed by atoms with Gasteiger partial charge < -0.3 is 24.6 Å². The minimum absolute atomic E-state index is 0.0431. The van der Waals surface area contributed by atoms with Crippen molar-refractivity contribution in [1.82, 2.24) is 19.8 Å². The Morgan fingerprint density at radius 3 is 2.54 bits per heavy atom. The Morgan fingerprint density at radius 2 is 1.82 bits per heavy atom. The second-order valence-electron chi connectivity index (χ2n) is 6.75. The zero-order valence-corrected chi connectivity index (χ0v) is 16.6. The van der Waals surface area contributed by atoms with Crippen LogP contribution in [0.5, 0.6) is 11.5 Å². The molecular formula is C20H27N5O3. The number of carbonyl (C=O) groups is 1. The van der Waals surface area contributed by atoms with E-state index in [0.29, 0.717) is 29.6 Å². The molecule has 1 aliphatic heterocycles. The molecule has 3 rings (SSSR count). The third kappa shape index (κ3) is 4.89. The monoisotopic (exact) mass is 385 g/mol. The van der Waals surface area contributed by atoms with Crippen molar-refractivity contribution >= 4 is 11.7 Å². The Labute approximate surface area is 165 Å². The van der Waals surface area contributed by atoms with Gasteiger partial charge >= 0.3 is 0 Å². The van der Waals surface area contributed by atoms with Crippen molar-refractivity contribution in [2.45, 2.75) is 6.42 Å². The number of anilines is 1. The Kier molecular flexibility index (Phi) is 6.65. The van der Waals surface area contributed by atoms with E-state index in [4.69, 9.17) is 9.47 Å². The van der Waals surface area contributed by atoms with Crippen LogP contribution in [0.4, 0.5) is 5.82 Å². The fourth-order valence-corrected chi connectivity index (χ4v) is 3.11. The minimum Gasteiger partial charge on any atom is -0.493 e. The number of aromatic nitrogens is 2. The van der Waals surface area contributed by atoms with Crippen LogP contribution in [0.3, 0.4) is 0 Å². The zero-order valence-electron chi connectivity index (χ0n) is 16.6. The number of amides is 1. The van der Waals surface area contributed by atoms with E-state index in [1.807, 2.05) is 23.1 Å². The summed E-state index contributed by atoms with van der Waals surface area (Å²) < 4.78 is 10.6. The van der Waals surface area contributed by atoms with Gasteiger partial charge in [-0.25, -0.2) is 9.97 Å². The molecule has 1 aromatic heterocycles. The number of piperazine rings is 1. The van der Waals surface area contributed by atoms with E-state index in [1.165, 1.54) is 6.33 Å². The molecule has 8 nitrogen and oxygen atoms in total. The molecule has 2 heterocycles. The molecule has 2 aromatic rings. The summed E-state index contributed by atoms with van der Waals surface area (Å²) in [6.07, 6.45) is 2.22. The summed E-state index contributed by atoms with van der Waals surface area (Å²) in [4.78, 5) is 25.1. The molecule has 1 fully saturated rings. The van der Waals surface area contributed by atoms with E-state index in [9.17, 15) is 4.79 Å². The van der Waals surface area contributed by atoms with Crippen molar-refractivity contribution in [2.75, 3.05) is 59.3 Å². The number of hydrogen-bond acceptors (Lipinski definition) is 7. The molecule has 1 aliphatic rings. The summed E-state index contributed by atoms with van der Waals surface area (Å²) >= 11 is 0. The standard InChI is InChI=1S/C20H27N5O3/c1-24-8-10-25(11-9-24)20(26)16-13-19(23-14-22-16)21-7-6-15-4-5-17(27-2)18(12-15)28-3/h4-5,12-14H,6-11H2,1-3H3,(H,21,22,23). The Hall–Kier alpha value is -2.87. The molecule has 1 aromatic carbocycles. The molecule has 0 unspecified atom stereocenters. The third-order valence-electron chi connectivity index (χ3n) is 4.84. The number of nitrogens with zero attached hydrogens (tertiary/aromatic N) is 4. The molecule has 8 heteroatoms. The molecule has 0 aliphatic carbocycles. The topological polar surface area (TPSA) is 79.8 Å². The normalized spacial score (nSPS) is 14.6. The van der Waals surface area contributed by atoms with E-state index in [2.05, 4.69) is 27.2 Å². The van der Waals surface area contributed by atoms with E-state index in [0.717, 1.165) is 38.2 Å². The summed E-state index contributed by atoms with van der Waals surface area (Å²) in [5.74, 6) is 2.02. The SMILES string of the molecule is COc1ccc(CCNc2cc(C(=O)N3CCN(C)CC3)ncn2)cc1OC. The largest absolute Gasteiger partial charge is 0.493 e. The van der Waals surface area contributed by atoms with Gasteiger partial charge in [0.15, 0.2) is 11.5 Å². The van der Waals surface area contributed by atoms with E-state index < -0.39 is 0 Å². The highest BCUT2D eigenvalue weighted by Crippen LogP contribution is 2.27. The second kappa shape index (κ2) is 9.36. The van der Waals surface area contributed by atoms with Crippen LogP contribution in [0.15, 0.2) is 30.6 Å². The van der Waals surface area contributed by atoms with Crippen LogP contribution < -0.4 is 14.8 Å². The van der Waals surface area contributed by atoms with Crippen LogP contribution in [-0.4, -0.2) is 79.7 Å². The van der Waals surface area contributed by atoms with Gasteiger partial charge in [0.1, 0.15) is 17.8 Å². The first kappa shape index (κ1) is 19.9. The van der Waals surface area contributed by atoms with Crippen LogP contribution in [0.2, 0.25) is 0 Å². The highest BCUT2D eigenvalue weighted by atomic mass is 16.5. The van der Waals surface area contributed by atoms with Gasteiger partial charge in [-0.05, 0) is 31.2 Å². The molecule has 0 bridgehead atoms. The van der Waals surface area contributed by atoms with Crippen LogP contribution in [0.25, 0.3) is 0 Å². The fraction of sp³-hybridized carbons (Fsp3) is 0.450. The Balaban J connectivity index is 1.57. The van der Waals surface area contributed by atoms with Crippen LogP contribution in [0.1, 0.15) is 16.1 Å². The lowest BCUT2D eigenvalue weighted by Crippen LogP contribution is -2.47. The molecule has 150 valence electrons. The van der Waals surface area contributed by atoms with Gasteiger partial charge in [-0.1, -0.05) is 6.07 Å². The van der Waals surface area contributed by atoms with Crippen molar-refractivity contribution in [3.05, 3.63) is 41.9 Å². The quantitative estimate of drug-likeness (QED) is 0.774. The van der Waals surface area contributed by atoms with Gasteiger partial charge in [-0.15, -0.1) is 0 Å². The van der Waals surface area contributed by atoms with Crippen LogP contribution >= 0.6 is 0 Å². The summed E-state index contributed by atoms with van der Waals surface area (Å²) in [6.45, 7) is 3.89. The van der Waals surface area contributed by atoms with Crippen LogP contribution in [-0.2, 0) is 6.42 Å². The minimum atomic E-state index is -0.0431. The fourth-order valence-electron chi connectivity index (χ4n) is 3.11. The highest BCUT2D eigenvalue weighted by Gasteiger charge is 2.21. The lowest BCUT2D eigenvalue weighted by molar-refractivity contribution is 0.0658. The molecule has 0 radical (unpaired) electrons. The Bertz CT molecular complexity index is 806. The first-order chi connectivity index (χ1) is 13.6. The summed E-state index contributed by atoms with van der Waals surface area (Å²) in [5, 5.41) is 3.26. The lowest BCUT2D eigenvalue weighted by Gasteiger charge is -2.32. The number of carbonyl (C=O) groups excluding carboxylic acids is 1. The molecule has 0 spiro atoms. The first-order valence-corrected chi connectivity index (χ1v) is 9.35. The molecular weight excluding hydrogens is 358 g/mol. The lowest BCUT2D eigenvalue weighted by atomic mass is 10.1. The highest BCUT2D eigenvalue weighted by molar-refractivity contribution is 5.93. The maximum Gasteiger partial charge on any atom is 0.272 e. The van der Waals surface area contributed by atoms with Gasteiger partial charge in [-0.3, -0.25) is 4.79 Å². The summed E-state index contributed by atoms with van der Waals surface area (Å²) in [6, 6.07) is 7.58. The molecule has 28 heavy (non-hydrogen) atoms. The van der Waals surface area contributed by atoms with E-state index >= 15 is 0 Å². The number of ether oxygens (including phenoxy) is 2. The van der Waals surface area contributed by atoms with Gasteiger partial charge in [0, 0.05) is 38.8 Å². The number of hydrogen-bond donors (Lipinski definition) is 1. The number of rotatable bonds is 7. The Morgan fingerprint density at radius 1 is 1.07 bits per heavy atom. The molecule has 1 amide bonds. The van der Waals surface area contributed by atoms with Crippen molar-refractivity contribution < 1.29 is 14.3 Å². The van der Waals surface area contributed by atoms with Crippen LogP contribution in [0, 0.1) is 0 Å². The zero-order chi connectivity index (χ0) is 19.9. The third-order valence-corrected chi connectivity index (χ3v) is 4.84. The maximum absolute atomic E-state index is 12.6. The maximum atomic E-state index is 12.6. The predicted octanol–water partition coefficient (Wildman–Crippen LogP) is 1.54. The summed E-state index contributed by atoms with van der Waals surface area (Å²) in [7, 11) is 5.31. The smallest absolute Gasteiger partial charge is 0.272 e. The van der Waals surface area contributed by atoms with Gasteiger partial charge in [0.25, 0.3) is 5.91 Å². The van der Waals surface area contributed by atoms with Crippen molar-refractivity contribution in [2.24, 2.45) is 0 Å². The molecule has 1 N–H and O–H groups in total. The molecule has 0 atom stereocenters. The average molecular weight is 385 g/mol. The molecule has 0 saturated carbocycles. The molecule has 1 saturated heterocycles. The number of benzene rings is 1. The van der Waals surface area contributed by atoms with Gasteiger partial charge in [-0.2, -0.15) is 0 Å². The van der Waals surface area contributed by atoms with E-state index in [1.54, 1.807) is 20.3 Å². The number of likely N-dealkylation sites (N-methyl/N-ethyl adjacent to an activating group) is 1. The summed E-state index contributed by atoms with van der Waals surface area (Å²) in [5.41, 5.74) is 1.54. The van der Waals surface area contributed by atoms with Crippen molar-refractivity contribution in [3.63, 3.8) is 0 Å². The number of methoxy groups -OCH3 is 2. The van der Waals surface area contributed by atoms with Crippen molar-refractivity contribution in [1.29, 1.82) is 0 Å². The first-order valence-electron chi connectivity index (χ1n) is 9.35.